The SMILES string of the molecule is CC(C)(C)OC(=O)NC(C)(C)c1ccc(C=O)cc1. The summed E-state index contributed by atoms with van der Waals surface area (Å²) in [7, 11) is 0. The van der Waals surface area contributed by atoms with Crippen LogP contribution in [0.4, 0.5) is 4.79 Å². The van der Waals surface area contributed by atoms with Gasteiger partial charge in [0.1, 0.15) is 11.9 Å². The number of hydrogen-bond donors (Lipinski definition) is 1. The second kappa shape index (κ2) is 5.43. The first-order valence-electron chi connectivity index (χ1n) is 6.21. The van der Waals surface area contributed by atoms with Crippen LogP contribution >= 0.6 is 0 Å². The predicted octanol–water partition coefficient (Wildman–Crippen LogP) is 3.26. The molecule has 0 aromatic heterocycles. The summed E-state index contributed by atoms with van der Waals surface area (Å²) in [5.41, 5.74) is 0.423. The summed E-state index contributed by atoms with van der Waals surface area (Å²) in [4.78, 5) is 22.4. The average molecular weight is 263 g/mol. The van der Waals surface area contributed by atoms with Crippen molar-refractivity contribution in [2.75, 3.05) is 0 Å². The van der Waals surface area contributed by atoms with Crippen molar-refractivity contribution in [2.24, 2.45) is 0 Å². The third-order valence-corrected chi connectivity index (χ3v) is 2.58. The van der Waals surface area contributed by atoms with Crippen molar-refractivity contribution in [2.45, 2.75) is 45.8 Å². The maximum Gasteiger partial charge on any atom is 0.408 e. The Morgan fingerprint density at radius 2 is 1.63 bits per heavy atom. The lowest BCUT2D eigenvalue weighted by Crippen LogP contribution is -2.43. The van der Waals surface area contributed by atoms with Crippen molar-refractivity contribution in [1.82, 2.24) is 5.32 Å². The molecule has 1 N–H and O–H groups in total. The predicted molar refractivity (Wildman–Crippen MR) is 74.2 cm³/mol. The molecule has 4 nitrogen and oxygen atoms in total. The summed E-state index contributed by atoms with van der Waals surface area (Å²) in [6, 6.07) is 7.09. The van der Waals surface area contributed by atoms with E-state index in [0.717, 1.165) is 11.8 Å². The van der Waals surface area contributed by atoms with Crippen LogP contribution in [0.25, 0.3) is 0 Å². The van der Waals surface area contributed by atoms with Crippen LogP contribution in [0, 0.1) is 0 Å². The van der Waals surface area contributed by atoms with Gasteiger partial charge in [0, 0.05) is 5.56 Å². The summed E-state index contributed by atoms with van der Waals surface area (Å²) < 4.78 is 5.23. The zero-order valence-corrected chi connectivity index (χ0v) is 12.1. The molecule has 0 heterocycles. The molecule has 0 aliphatic carbocycles. The lowest BCUT2D eigenvalue weighted by atomic mass is 9.94. The lowest BCUT2D eigenvalue weighted by Gasteiger charge is -2.29. The van der Waals surface area contributed by atoms with E-state index in [0.29, 0.717) is 5.56 Å². The Kier molecular flexibility index (Phi) is 4.35. The highest BCUT2D eigenvalue weighted by molar-refractivity contribution is 5.75. The second-order valence-electron chi connectivity index (χ2n) is 5.99. The lowest BCUT2D eigenvalue weighted by molar-refractivity contribution is 0.0470. The third-order valence-electron chi connectivity index (χ3n) is 2.58. The maximum absolute atomic E-state index is 11.8. The van der Waals surface area contributed by atoms with E-state index in [1.54, 1.807) is 12.1 Å². The van der Waals surface area contributed by atoms with Crippen LogP contribution in [-0.2, 0) is 10.3 Å². The molecule has 0 spiro atoms. The molecule has 0 saturated heterocycles. The van der Waals surface area contributed by atoms with Crippen molar-refractivity contribution in [3.8, 4) is 0 Å². The number of hydrogen-bond acceptors (Lipinski definition) is 3. The van der Waals surface area contributed by atoms with Gasteiger partial charge in [0.15, 0.2) is 0 Å². The molecule has 1 aromatic rings. The number of benzene rings is 1. The number of rotatable bonds is 3. The Labute approximate surface area is 114 Å². The van der Waals surface area contributed by atoms with Crippen LogP contribution in [0.2, 0.25) is 0 Å². The van der Waals surface area contributed by atoms with E-state index in [2.05, 4.69) is 5.32 Å². The van der Waals surface area contributed by atoms with E-state index in [-0.39, 0.29) is 0 Å². The van der Waals surface area contributed by atoms with Gasteiger partial charge < -0.3 is 10.1 Å². The molecule has 0 atom stereocenters. The van der Waals surface area contributed by atoms with Crippen molar-refractivity contribution >= 4 is 12.4 Å². The minimum atomic E-state index is -0.566. The van der Waals surface area contributed by atoms with Gasteiger partial charge in [-0.1, -0.05) is 24.3 Å². The smallest absolute Gasteiger partial charge is 0.408 e. The molecule has 19 heavy (non-hydrogen) atoms. The van der Waals surface area contributed by atoms with Gasteiger partial charge >= 0.3 is 6.09 Å². The fourth-order valence-corrected chi connectivity index (χ4v) is 1.61. The molecule has 0 radical (unpaired) electrons. The highest BCUT2D eigenvalue weighted by Gasteiger charge is 2.26. The Hall–Kier alpha value is -1.84. The zero-order valence-electron chi connectivity index (χ0n) is 12.1. The molecule has 0 aliphatic rings. The van der Waals surface area contributed by atoms with Gasteiger partial charge in [0.05, 0.1) is 5.54 Å². The molecule has 104 valence electrons. The van der Waals surface area contributed by atoms with E-state index in [1.807, 2.05) is 46.8 Å². The minimum Gasteiger partial charge on any atom is -0.444 e. The molecule has 1 aromatic carbocycles. The summed E-state index contributed by atoms with van der Waals surface area (Å²) >= 11 is 0. The summed E-state index contributed by atoms with van der Waals surface area (Å²) in [6.45, 7) is 9.22. The van der Waals surface area contributed by atoms with Crippen molar-refractivity contribution in [3.05, 3.63) is 35.4 Å². The van der Waals surface area contributed by atoms with Crippen LogP contribution in [0.1, 0.15) is 50.5 Å². The average Bonchev–Trinajstić information content (AvgIpc) is 2.25. The van der Waals surface area contributed by atoms with E-state index in [4.69, 9.17) is 4.74 Å². The van der Waals surface area contributed by atoms with Crippen LogP contribution in [0.5, 0.6) is 0 Å². The quantitative estimate of drug-likeness (QED) is 0.852. The van der Waals surface area contributed by atoms with Crippen molar-refractivity contribution < 1.29 is 14.3 Å². The fourth-order valence-electron chi connectivity index (χ4n) is 1.61. The molecule has 0 aliphatic heterocycles. The highest BCUT2D eigenvalue weighted by atomic mass is 16.6. The van der Waals surface area contributed by atoms with Gasteiger partial charge in [0.25, 0.3) is 0 Å². The van der Waals surface area contributed by atoms with Crippen LogP contribution in [-0.4, -0.2) is 18.0 Å². The normalized spacial score (nSPS) is 11.8. The largest absolute Gasteiger partial charge is 0.444 e. The Morgan fingerprint density at radius 3 is 2.05 bits per heavy atom. The molecular formula is C15H21NO3. The number of alkyl carbamates (subject to hydrolysis) is 1. The highest BCUT2D eigenvalue weighted by Crippen LogP contribution is 2.21. The number of nitrogens with one attached hydrogen (secondary N) is 1. The van der Waals surface area contributed by atoms with E-state index in [1.165, 1.54) is 0 Å². The molecule has 0 unspecified atom stereocenters. The first-order chi connectivity index (χ1) is 8.64. The van der Waals surface area contributed by atoms with E-state index < -0.39 is 17.2 Å². The van der Waals surface area contributed by atoms with Gasteiger partial charge in [-0.25, -0.2) is 4.79 Å². The first-order valence-corrected chi connectivity index (χ1v) is 6.21. The molecule has 0 saturated carbocycles. The maximum atomic E-state index is 11.8. The second-order valence-corrected chi connectivity index (χ2v) is 5.99. The Balaban J connectivity index is 2.79. The third kappa shape index (κ3) is 4.73. The standard InChI is InChI=1S/C15H21NO3/c1-14(2,3)19-13(18)16-15(4,5)12-8-6-11(10-17)7-9-12/h6-10H,1-5H3,(H,16,18). The van der Waals surface area contributed by atoms with Gasteiger partial charge in [-0.3, -0.25) is 4.79 Å². The topological polar surface area (TPSA) is 55.4 Å². The number of amides is 1. The van der Waals surface area contributed by atoms with E-state index >= 15 is 0 Å². The molecule has 1 amide bonds. The first kappa shape index (κ1) is 15.2. The van der Waals surface area contributed by atoms with Crippen molar-refractivity contribution in [1.29, 1.82) is 0 Å². The Bertz CT molecular complexity index is 455. The number of ether oxygens (including phenoxy) is 1. The van der Waals surface area contributed by atoms with Gasteiger partial charge in [-0.05, 0) is 40.2 Å². The monoisotopic (exact) mass is 263 g/mol. The Morgan fingerprint density at radius 1 is 1.11 bits per heavy atom. The van der Waals surface area contributed by atoms with Crippen LogP contribution in [0.3, 0.4) is 0 Å². The molecule has 4 heteroatoms. The van der Waals surface area contributed by atoms with Gasteiger partial charge in [-0.15, -0.1) is 0 Å². The molecular weight excluding hydrogens is 242 g/mol. The number of carbonyl (C=O) groups is 2. The number of aldehydes is 1. The summed E-state index contributed by atoms with van der Waals surface area (Å²) in [6.07, 6.45) is 0.329. The van der Waals surface area contributed by atoms with Crippen LogP contribution < -0.4 is 5.32 Å². The van der Waals surface area contributed by atoms with E-state index in [9.17, 15) is 9.59 Å². The minimum absolute atomic E-state index is 0.461. The van der Waals surface area contributed by atoms with Crippen molar-refractivity contribution in [3.63, 3.8) is 0 Å². The number of carbonyl (C=O) groups excluding carboxylic acids is 2. The van der Waals surface area contributed by atoms with Crippen LogP contribution in [0.15, 0.2) is 24.3 Å². The molecule has 0 bridgehead atoms. The zero-order chi connectivity index (χ0) is 14.7. The summed E-state index contributed by atoms with van der Waals surface area (Å²) in [5.74, 6) is 0. The fraction of sp³-hybridized carbons (Fsp3) is 0.467. The van der Waals surface area contributed by atoms with Gasteiger partial charge in [0.2, 0.25) is 0 Å². The van der Waals surface area contributed by atoms with Gasteiger partial charge in [-0.2, -0.15) is 0 Å². The summed E-state index contributed by atoms with van der Waals surface area (Å²) in [5, 5.41) is 2.82. The molecule has 0 fully saturated rings. The molecule has 1 rings (SSSR count).